The van der Waals surface area contributed by atoms with Gasteiger partial charge in [-0.2, -0.15) is 5.10 Å². The number of benzene rings is 1. The van der Waals surface area contributed by atoms with Crippen LogP contribution in [-0.2, 0) is 0 Å². The maximum atomic E-state index is 6.15. The molecule has 0 bridgehead atoms. The molecule has 2 aromatic heterocycles. The summed E-state index contributed by atoms with van der Waals surface area (Å²) in [5, 5.41) is 4.58. The fourth-order valence-electron chi connectivity index (χ4n) is 2.07. The molecular formula is C14H15N5. The van der Waals surface area contributed by atoms with Crippen molar-refractivity contribution >= 4 is 5.82 Å². The predicted octanol–water partition coefficient (Wildman–Crippen LogP) is 2.46. The van der Waals surface area contributed by atoms with Crippen molar-refractivity contribution in [1.29, 1.82) is 0 Å². The highest BCUT2D eigenvalue weighted by atomic mass is 15.3. The van der Waals surface area contributed by atoms with Gasteiger partial charge in [-0.25, -0.2) is 9.67 Å². The van der Waals surface area contributed by atoms with Gasteiger partial charge in [0.05, 0.1) is 17.6 Å². The van der Waals surface area contributed by atoms with Gasteiger partial charge < -0.3 is 10.7 Å². The van der Waals surface area contributed by atoms with E-state index >= 15 is 0 Å². The summed E-state index contributed by atoms with van der Waals surface area (Å²) in [7, 11) is 0. The van der Waals surface area contributed by atoms with E-state index in [1.54, 1.807) is 10.9 Å². The molecule has 0 unspecified atom stereocenters. The number of para-hydroxylation sites is 1. The molecule has 0 saturated heterocycles. The van der Waals surface area contributed by atoms with Crippen molar-refractivity contribution < 1.29 is 0 Å². The Hall–Kier alpha value is -2.56. The molecule has 3 rings (SSSR count). The largest absolute Gasteiger partial charge is 0.383 e. The molecule has 0 spiro atoms. The van der Waals surface area contributed by atoms with Crippen molar-refractivity contribution in [3.05, 3.63) is 47.9 Å². The number of rotatable bonds is 2. The van der Waals surface area contributed by atoms with Gasteiger partial charge in [0.15, 0.2) is 0 Å². The highest BCUT2D eigenvalue weighted by Gasteiger charge is 2.15. The average molecular weight is 253 g/mol. The second-order valence-electron chi connectivity index (χ2n) is 4.49. The first-order valence-electron chi connectivity index (χ1n) is 6.09. The summed E-state index contributed by atoms with van der Waals surface area (Å²) < 4.78 is 1.75. The average Bonchev–Trinajstić information content (AvgIpc) is 2.97. The lowest BCUT2D eigenvalue weighted by Gasteiger charge is -2.02. The van der Waals surface area contributed by atoms with Crippen molar-refractivity contribution in [3.63, 3.8) is 0 Å². The zero-order valence-electron chi connectivity index (χ0n) is 10.9. The van der Waals surface area contributed by atoms with Gasteiger partial charge in [0.1, 0.15) is 17.3 Å². The van der Waals surface area contributed by atoms with E-state index in [-0.39, 0.29) is 0 Å². The maximum Gasteiger partial charge on any atom is 0.130 e. The van der Waals surface area contributed by atoms with Crippen molar-refractivity contribution in [3.8, 4) is 17.1 Å². The summed E-state index contributed by atoms with van der Waals surface area (Å²) in [4.78, 5) is 7.38. The number of aromatic amines is 1. The Bertz CT molecular complexity index is 709. The molecule has 0 amide bonds. The Morgan fingerprint density at radius 2 is 1.89 bits per heavy atom. The zero-order chi connectivity index (χ0) is 13.4. The number of aromatic nitrogens is 4. The standard InChI is InChI=1S/C14H15N5/c1-9-13(12-8-16-10(2)17-12)18-19(14(9)15)11-6-4-3-5-7-11/h3-8H,15H2,1-2H3,(H,16,17). The van der Waals surface area contributed by atoms with Crippen LogP contribution in [0.2, 0.25) is 0 Å². The number of hydrogen-bond acceptors (Lipinski definition) is 3. The van der Waals surface area contributed by atoms with Gasteiger partial charge in [0, 0.05) is 5.56 Å². The number of nitrogens with zero attached hydrogens (tertiary/aromatic N) is 3. The lowest BCUT2D eigenvalue weighted by Crippen LogP contribution is -2.01. The van der Waals surface area contributed by atoms with Crippen molar-refractivity contribution in [2.75, 3.05) is 5.73 Å². The van der Waals surface area contributed by atoms with Gasteiger partial charge in [-0.1, -0.05) is 18.2 Å². The molecule has 0 atom stereocenters. The number of anilines is 1. The number of aryl methyl sites for hydroxylation is 1. The predicted molar refractivity (Wildman–Crippen MR) is 75.0 cm³/mol. The third-order valence-electron chi connectivity index (χ3n) is 3.13. The molecule has 0 fully saturated rings. The van der Waals surface area contributed by atoms with Gasteiger partial charge >= 0.3 is 0 Å². The number of H-pyrrole nitrogens is 1. The number of hydrogen-bond donors (Lipinski definition) is 2. The van der Waals surface area contributed by atoms with E-state index in [0.29, 0.717) is 5.82 Å². The first-order chi connectivity index (χ1) is 9.16. The fourth-order valence-corrected chi connectivity index (χ4v) is 2.07. The van der Waals surface area contributed by atoms with Gasteiger partial charge in [-0.15, -0.1) is 0 Å². The first-order valence-corrected chi connectivity index (χ1v) is 6.09. The Morgan fingerprint density at radius 3 is 2.53 bits per heavy atom. The number of nitrogens with one attached hydrogen (secondary N) is 1. The number of imidazole rings is 1. The fraction of sp³-hybridized carbons (Fsp3) is 0.143. The molecule has 0 saturated carbocycles. The molecule has 2 heterocycles. The minimum Gasteiger partial charge on any atom is -0.383 e. The molecule has 19 heavy (non-hydrogen) atoms. The third kappa shape index (κ3) is 1.89. The van der Waals surface area contributed by atoms with Crippen LogP contribution < -0.4 is 5.73 Å². The molecule has 1 aromatic carbocycles. The Kier molecular flexibility index (Phi) is 2.59. The minimum absolute atomic E-state index is 0.647. The Morgan fingerprint density at radius 1 is 1.16 bits per heavy atom. The molecule has 5 heteroatoms. The second kappa shape index (κ2) is 4.28. The van der Waals surface area contributed by atoms with Gasteiger partial charge in [-0.05, 0) is 26.0 Å². The highest BCUT2D eigenvalue weighted by molar-refractivity contribution is 5.66. The van der Waals surface area contributed by atoms with Crippen LogP contribution in [0.25, 0.3) is 17.1 Å². The maximum absolute atomic E-state index is 6.15. The summed E-state index contributed by atoms with van der Waals surface area (Å²) in [5.74, 6) is 1.51. The third-order valence-corrected chi connectivity index (χ3v) is 3.13. The lowest BCUT2D eigenvalue weighted by molar-refractivity contribution is 0.893. The monoisotopic (exact) mass is 253 g/mol. The van der Waals surface area contributed by atoms with Gasteiger partial charge in [-0.3, -0.25) is 0 Å². The van der Waals surface area contributed by atoms with Crippen molar-refractivity contribution in [1.82, 2.24) is 19.7 Å². The van der Waals surface area contributed by atoms with Crippen LogP contribution in [0.4, 0.5) is 5.82 Å². The smallest absolute Gasteiger partial charge is 0.130 e. The molecule has 0 aliphatic rings. The second-order valence-corrected chi connectivity index (χ2v) is 4.49. The van der Waals surface area contributed by atoms with E-state index < -0.39 is 0 Å². The summed E-state index contributed by atoms with van der Waals surface area (Å²) in [6.07, 6.45) is 1.78. The SMILES string of the molecule is Cc1ncc(-c2nn(-c3ccccc3)c(N)c2C)[nH]1. The van der Waals surface area contributed by atoms with E-state index in [2.05, 4.69) is 15.1 Å². The Labute approximate surface area is 111 Å². The number of nitrogens with two attached hydrogens (primary N) is 1. The topological polar surface area (TPSA) is 72.5 Å². The lowest BCUT2D eigenvalue weighted by atomic mass is 10.2. The van der Waals surface area contributed by atoms with E-state index in [0.717, 1.165) is 28.5 Å². The molecule has 3 N–H and O–H groups in total. The number of nitrogen functional groups attached to an aromatic ring is 1. The zero-order valence-corrected chi connectivity index (χ0v) is 10.9. The summed E-state index contributed by atoms with van der Waals surface area (Å²) in [6, 6.07) is 9.85. The van der Waals surface area contributed by atoms with E-state index in [1.165, 1.54) is 0 Å². The van der Waals surface area contributed by atoms with Crippen LogP contribution in [0.3, 0.4) is 0 Å². The first kappa shape index (κ1) is 11.5. The van der Waals surface area contributed by atoms with Crippen molar-refractivity contribution in [2.45, 2.75) is 13.8 Å². The minimum atomic E-state index is 0.647. The highest BCUT2D eigenvalue weighted by Crippen LogP contribution is 2.27. The Balaban J connectivity index is 2.15. The van der Waals surface area contributed by atoms with Crippen LogP contribution in [0, 0.1) is 13.8 Å². The van der Waals surface area contributed by atoms with E-state index in [1.807, 2.05) is 44.2 Å². The van der Waals surface area contributed by atoms with Crippen LogP contribution in [0.1, 0.15) is 11.4 Å². The van der Waals surface area contributed by atoms with Crippen LogP contribution in [0.5, 0.6) is 0 Å². The van der Waals surface area contributed by atoms with Crippen LogP contribution in [-0.4, -0.2) is 19.7 Å². The molecule has 5 nitrogen and oxygen atoms in total. The van der Waals surface area contributed by atoms with E-state index in [9.17, 15) is 0 Å². The summed E-state index contributed by atoms with van der Waals surface area (Å²) in [5.41, 5.74) is 9.77. The summed E-state index contributed by atoms with van der Waals surface area (Å²) >= 11 is 0. The van der Waals surface area contributed by atoms with Gasteiger partial charge in [0.25, 0.3) is 0 Å². The molecule has 0 aliphatic heterocycles. The normalized spacial score (nSPS) is 10.8. The quantitative estimate of drug-likeness (QED) is 0.736. The van der Waals surface area contributed by atoms with Gasteiger partial charge in [0.2, 0.25) is 0 Å². The molecule has 0 aliphatic carbocycles. The molecular weight excluding hydrogens is 238 g/mol. The van der Waals surface area contributed by atoms with Crippen LogP contribution in [0.15, 0.2) is 36.5 Å². The van der Waals surface area contributed by atoms with E-state index in [4.69, 9.17) is 5.73 Å². The van der Waals surface area contributed by atoms with Crippen LogP contribution >= 0.6 is 0 Å². The van der Waals surface area contributed by atoms with Crippen molar-refractivity contribution in [2.24, 2.45) is 0 Å². The molecule has 3 aromatic rings. The summed E-state index contributed by atoms with van der Waals surface area (Å²) in [6.45, 7) is 3.88. The molecule has 0 radical (unpaired) electrons. The molecule has 96 valence electrons.